The van der Waals surface area contributed by atoms with Crippen LogP contribution in [0.2, 0.25) is 0 Å². The van der Waals surface area contributed by atoms with Crippen LogP contribution in [0.3, 0.4) is 0 Å². The van der Waals surface area contributed by atoms with Crippen LogP contribution in [0, 0.1) is 20.8 Å². The summed E-state index contributed by atoms with van der Waals surface area (Å²) in [6, 6.07) is 6.17. The second-order valence-electron chi connectivity index (χ2n) is 5.40. The number of rotatable bonds is 3. The molecule has 134 valence electrons. The van der Waals surface area contributed by atoms with Gasteiger partial charge in [-0.1, -0.05) is 23.5 Å². The lowest BCUT2D eigenvalue weighted by atomic mass is 10.1. The molecule has 3 N–H and O–H groups in total. The Balaban J connectivity index is 0.000000511. The SMILES string of the molecule is Cc1nc(NC(C)c2nnc(C)s2)c2c(C)cccc2n1.N[SH](=O)=O. The van der Waals surface area contributed by atoms with Crippen LogP contribution in [0.5, 0.6) is 0 Å². The van der Waals surface area contributed by atoms with Gasteiger partial charge in [0.15, 0.2) is 10.9 Å². The van der Waals surface area contributed by atoms with Gasteiger partial charge in [0.05, 0.1) is 11.6 Å². The van der Waals surface area contributed by atoms with Crippen molar-refractivity contribution in [2.24, 2.45) is 5.14 Å². The van der Waals surface area contributed by atoms with Gasteiger partial charge in [-0.2, -0.15) is 0 Å². The van der Waals surface area contributed by atoms with E-state index in [9.17, 15) is 0 Å². The van der Waals surface area contributed by atoms with Gasteiger partial charge in [-0.15, -0.1) is 10.2 Å². The van der Waals surface area contributed by atoms with Crippen molar-refractivity contribution in [2.45, 2.75) is 33.7 Å². The molecule has 3 rings (SSSR count). The summed E-state index contributed by atoms with van der Waals surface area (Å²) in [5.74, 6) is 1.62. The van der Waals surface area contributed by atoms with Crippen LogP contribution in [-0.2, 0) is 10.9 Å². The van der Waals surface area contributed by atoms with Gasteiger partial charge >= 0.3 is 0 Å². The van der Waals surface area contributed by atoms with Crippen LogP contribution < -0.4 is 10.5 Å². The van der Waals surface area contributed by atoms with Crippen molar-refractivity contribution < 1.29 is 8.42 Å². The Kier molecular flexibility index (Phi) is 6.34. The first-order valence-corrected chi connectivity index (χ1v) is 9.54. The zero-order valence-electron chi connectivity index (χ0n) is 14.3. The summed E-state index contributed by atoms with van der Waals surface area (Å²) >= 11 is 1.60. The number of thiol groups is 1. The second kappa shape index (κ2) is 8.28. The first kappa shape index (κ1) is 19.2. The van der Waals surface area contributed by atoms with E-state index >= 15 is 0 Å². The van der Waals surface area contributed by atoms with Crippen molar-refractivity contribution in [1.29, 1.82) is 0 Å². The molecule has 2 heterocycles. The van der Waals surface area contributed by atoms with Gasteiger partial charge in [-0.05, 0) is 39.3 Å². The van der Waals surface area contributed by atoms with E-state index in [1.54, 1.807) is 11.3 Å². The Morgan fingerprint density at radius 2 is 1.84 bits per heavy atom. The summed E-state index contributed by atoms with van der Waals surface area (Å²) in [4.78, 5) is 9.07. The fraction of sp³-hybridized carbons (Fsp3) is 0.333. The molecule has 0 aliphatic carbocycles. The van der Waals surface area contributed by atoms with Crippen LogP contribution in [0.25, 0.3) is 10.9 Å². The minimum Gasteiger partial charge on any atom is -0.360 e. The highest BCUT2D eigenvalue weighted by atomic mass is 32.2. The predicted octanol–water partition coefficient (Wildman–Crippen LogP) is 2.05. The third-order valence-electron chi connectivity index (χ3n) is 3.31. The average molecular weight is 380 g/mol. The Labute approximate surface area is 151 Å². The standard InChI is InChI=1S/C15H17N5S.H3NO2S/c1-8-6-5-7-12-13(8)14(18-10(3)17-12)16-9(2)15-20-19-11(4)21-15;1-4(2)3/h5-7,9H,1-4H3,(H,16,17,18);4H,(H2,1,2,3). The van der Waals surface area contributed by atoms with Crippen LogP contribution in [-0.4, -0.2) is 28.6 Å². The summed E-state index contributed by atoms with van der Waals surface area (Å²) < 4.78 is 17.6. The van der Waals surface area contributed by atoms with Crippen LogP contribution in [0.4, 0.5) is 5.82 Å². The molecular formula is C15H20N6O2S2. The van der Waals surface area contributed by atoms with Gasteiger partial charge in [0, 0.05) is 5.39 Å². The van der Waals surface area contributed by atoms with E-state index in [2.05, 4.69) is 50.5 Å². The Morgan fingerprint density at radius 1 is 1.16 bits per heavy atom. The molecule has 0 radical (unpaired) electrons. The maximum absolute atomic E-state index is 8.81. The average Bonchev–Trinajstić information content (AvgIpc) is 2.93. The third kappa shape index (κ3) is 5.15. The van der Waals surface area contributed by atoms with Gasteiger partial charge in [0.2, 0.25) is 0 Å². The molecule has 1 aromatic carbocycles. The number of nitrogens with zero attached hydrogens (tertiary/aromatic N) is 4. The molecule has 0 saturated heterocycles. The molecule has 0 bridgehead atoms. The van der Waals surface area contributed by atoms with E-state index in [0.29, 0.717) is 0 Å². The van der Waals surface area contributed by atoms with Crippen molar-refractivity contribution in [2.75, 3.05) is 5.32 Å². The van der Waals surface area contributed by atoms with Crippen LogP contribution in [0.1, 0.15) is 34.4 Å². The van der Waals surface area contributed by atoms with Crippen molar-refractivity contribution >= 4 is 38.9 Å². The summed E-state index contributed by atoms with van der Waals surface area (Å²) in [6.45, 7) is 8.02. The number of hydrogen-bond donors (Lipinski definition) is 3. The van der Waals surface area contributed by atoms with Gasteiger partial charge in [0.25, 0.3) is 0 Å². The first-order valence-electron chi connectivity index (χ1n) is 7.47. The number of aryl methyl sites for hydroxylation is 3. The Hall–Kier alpha value is -2.17. The maximum atomic E-state index is 8.81. The van der Waals surface area contributed by atoms with Gasteiger partial charge in [-0.25, -0.2) is 23.5 Å². The molecule has 0 saturated carbocycles. The molecule has 0 spiro atoms. The normalized spacial score (nSPS) is 11.9. The predicted molar refractivity (Wildman–Crippen MR) is 100 cm³/mol. The lowest BCUT2D eigenvalue weighted by Crippen LogP contribution is -2.10. The van der Waals surface area contributed by atoms with Gasteiger partial charge in [0.1, 0.15) is 21.7 Å². The molecule has 2 aromatic heterocycles. The summed E-state index contributed by atoms with van der Waals surface area (Å²) in [7, 11) is -2.62. The molecule has 25 heavy (non-hydrogen) atoms. The highest BCUT2D eigenvalue weighted by Gasteiger charge is 2.14. The highest BCUT2D eigenvalue weighted by Crippen LogP contribution is 2.28. The van der Waals surface area contributed by atoms with E-state index in [1.807, 2.05) is 26.0 Å². The molecule has 0 aliphatic rings. The molecule has 3 aromatic rings. The summed E-state index contributed by atoms with van der Waals surface area (Å²) in [5.41, 5.74) is 2.13. The fourth-order valence-electron chi connectivity index (χ4n) is 2.33. The van der Waals surface area contributed by atoms with E-state index in [1.165, 1.54) is 0 Å². The first-order chi connectivity index (χ1) is 11.8. The molecule has 0 aliphatic heterocycles. The van der Waals surface area contributed by atoms with Crippen molar-refractivity contribution in [3.63, 3.8) is 0 Å². The molecule has 10 heteroatoms. The number of hydrogen-bond acceptors (Lipinski definition) is 8. The van der Waals surface area contributed by atoms with E-state index in [0.717, 1.165) is 38.1 Å². The van der Waals surface area contributed by atoms with E-state index in [4.69, 9.17) is 8.42 Å². The quantitative estimate of drug-likeness (QED) is 0.594. The largest absolute Gasteiger partial charge is 0.360 e. The summed E-state index contributed by atoms with van der Waals surface area (Å²) in [6.07, 6.45) is 0. The van der Waals surface area contributed by atoms with Crippen molar-refractivity contribution in [3.05, 3.63) is 39.6 Å². The lowest BCUT2D eigenvalue weighted by molar-refractivity contribution is 0.616. The van der Waals surface area contributed by atoms with Gasteiger partial charge in [-0.3, -0.25) is 0 Å². The Bertz CT molecular complexity index is 946. The zero-order valence-corrected chi connectivity index (χ0v) is 16.1. The topological polar surface area (TPSA) is 124 Å². The smallest absolute Gasteiger partial charge is 0.198 e. The highest BCUT2D eigenvalue weighted by molar-refractivity contribution is 7.69. The zero-order chi connectivity index (χ0) is 18.6. The number of nitrogens with one attached hydrogen (secondary N) is 1. The van der Waals surface area contributed by atoms with Crippen LogP contribution in [0.15, 0.2) is 18.2 Å². The summed E-state index contributed by atoms with van der Waals surface area (Å²) in [5, 5.41) is 18.8. The minimum atomic E-state index is -2.62. The molecule has 1 unspecified atom stereocenters. The maximum Gasteiger partial charge on any atom is 0.198 e. The lowest BCUT2D eigenvalue weighted by Gasteiger charge is -2.15. The van der Waals surface area contributed by atoms with E-state index in [-0.39, 0.29) is 6.04 Å². The second-order valence-corrected chi connectivity index (χ2v) is 7.18. The number of aromatic nitrogens is 4. The Morgan fingerprint density at radius 3 is 2.44 bits per heavy atom. The molecular weight excluding hydrogens is 360 g/mol. The monoisotopic (exact) mass is 380 g/mol. The molecule has 0 amide bonds. The number of nitrogens with two attached hydrogens (primary N) is 1. The third-order valence-corrected chi connectivity index (χ3v) is 4.33. The van der Waals surface area contributed by atoms with Crippen molar-refractivity contribution in [3.8, 4) is 0 Å². The molecule has 0 fully saturated rings. The van der Waals surface area contributed by atoms with E-state index < -0.39 is 10.9 Å². The minimum absolute atomic E-state index is 0.0632. The van der Waals surface area contributed by atoms with Crippen molar-refractivity contribution in [1.82, 2.24) is 20.2 Å². The fourth-order valence-corrected chi connectivity index (χ4v) is 3.03. The molecule has 1 atom stereocenters. The number of benzene rings is 1. The van der Waals surface area contributed by atoms with Crippen LogP contribution >= 0.6 is 11.3 Å². The molecule has 8 nitrogen and oxygen atoms in total. The van der Waals surface area contributed by atoms with Gasteiger partial charge < -0.3 is 5.32 Å². The number of anilines is 1. The number of fused-ring (bicyclic) bond motifs is 1.